The molecular formula is C14H16FNO3. The molecule has 0 spiro atoms. The molecule has 2 N–H and O–H groups in total. The van der Waals surface area contributed by atoms with E-state index in [0.29, 0.717) is 30.4 Å². The van der Waals surface area contributed by atoms with Crippen molar-refractivity contribution < 1.29 is 19.1 Å². The molecule has 1 saturated carbocycles. The van der Waals surface area contributed by atoms with E-state index in [4.69, 9.17) is 5.11 Å². The second kappa shape index (κ2) is 5.38. The molecule has 102 valence electrons. The summed E-state index contributed by atoms with van der Waals surface area (Å²) in [5.74, 6) is -1.83. The van der Waals surface area contributed by atoms with Crippen LogP contribution in [0.4, 0.5) is 4.39 Å². The Labute approximate surface area is 110 Å². The summed E-state index contributed by atoms with van der Waals surface area (Å²) in [6, 6.07) is 3.89. The molecule has 0 saturated heterocycles. The molecule has 2 rings (SSSR count). The van der Waals surface area contributed by atoms with Crippen LogP contribution in [-0.2, 0) is 4.79 Å². The summed E-state index contributed by atoms with van der Waals surface area (Å²) in [7, 11) is 0. The van der Waals surface area contributed by atoms with E-state index >= 15 is 0 Å². The number of benzene rings is 1. The summed E-state index contributed by atoms with van der Waals surface area (Å²) in [6.07, 6.45) is 1.72. The minimum Gasteiger partial charge on any atom is -0.481 e. The number of carboxylic acids is 1. The van der Waals surface area contributed by atoms with Crippen LogP contribution in [0.1, 0.15) is 35.2 Å². The zero-order valence-corrected chi connectivity index (χ0v) is 10.6. The van der Waals surface area contributed by atoms with E-state index in [1.807, 2.05) is 0 Å². The third-order valence-electron chi connectivity index (χ3n) is 3.55. The molecule has 0 bridgehead atoms. The number of hydrogen-bond donors (Lipinski definition) is 2. The average Bonchev–Trinajstić information content (AvgIpc) is 2.77. The standard InChI is InChI=1S/C14H16FNO3/c1-8-6-10(15)3-5-12(8)13(17)16-11-4-2-9(7-11)14(18)19/h3,5-6,9,11H,2,4,7H2,1H3,(H,16,17)(H,18,19). The van der Waals surface area contributed by atoms with Crippen LogP contribution in [-0.4, -0.2) is 23.0 Å². The minimum absolute atomic E-state index is 0.113. The van der Waals surface area contributed by atoms with Crippen molar-refractivity contribution in [1.29, 1.82) is 0 Å². The van der Waals surface area contributed by atoms with Gasteiger partial charge in [0.05, 0.1) is 5.92 Å². The molecule has 0 aromatic heterocycles. The topological polar surface area (TPSA) is 66.4 Å². The van der Waals surface area contributed by atoms with Crippen LogP contribution >= 0.6 is 0 Å². The SMILES string of the molecule is Cc1cc(F)ccc1C(=O)NC1CCC(C(=O)O)C1. The van der Waals surface area contributed by atoms with Crippen molar-refractivity contribution in [2.24, 2.45) is 5.92 Å². The Hall–Kier alpha value is -1.91. The summed E-state index contributed by atoms with van der Waals surface area (Å²) >= 11 is 0. The van der Waals surface area contributed by atoms with Gasteiger partial charge >= 0.3 is 5.97 Å². The maximum absolute atomic E-state index is 13.0. The first-order valence-electron chi connectivity index (χ1n) is 6.27. The minimum atomic E-state index is -0.810. The van der Waals surface area contributed by atoms with Gasteiger partial charge in [0.2, 0.25) is 0 Å². The normalized spacial score (nSPS) is 22.2. The van der Waals surface area contributed by atoms with Gasteiger partial charge in [0.25, 0.3) is 5.91 Å². The Kier molecular flexibility index (Phi) is 3.83. The zero-order chi connectivity index (χ0) is 14.0. The van der Waals surface area contributed by atoms with Crippen molar-refractivity contribution in [3.63, 3.8) is 0 Å². The Morgan fingerprint density at radius 3 is 2.68 bits per heavy atom. The van der Waals surface area contributed by atoms with Crippen molar-refractivity contribution in [3.8, 4) is 0 Å². The van der Waals surface area contributed by atoms with E-state index in [9.17, 15) is 14.0 Å². The molecule has 0 radical (unpaired) electrons. The number of carbonyl (C=O) groups is 2. The third kappa shape index (κ3) is 3.10. The van der Waals surface area contributed by atoms with Crippen LogP contribution in [0.3, 0.4) is 0 Å². The van der Waals surface area contributed by atoms with Crippen molar-refractivity contribution >= 4 is 11.9 Å². The second-order valence-corrected chi connectivity index (χ2v) is 4.98. The number of aliphatic carboxylic acids is 1. The van der Waals surface area contributed by atoms with Gasteiger partial charge in [0, 0.05) is 11.6 Å². The molecule has 5 heteroatoms. The lowest BCUT2D eigenvalue weighted by atomic mass is 10.1. The fourth-order valence-electron chi connectivity index (χ4n) is 2.48. The largest absolute Gasteiger partial charge is 0.481 e. The summed E-state index contributed by atoms with van der Waals surface area (Å²) in [5, 5.41) is 11.7. The number of rotatable bonds is 3. The highest BCUT2D eigenvalue weighted by atomic mass is 19.1. The van der Waals surface area contributed by atoms with E-state index in [0.717, 1.165) is 0 Å². The first-order valence-corrected chi connectivity index (χ1v) is 6.27. The maximum Gasteiger partial charge on any atom is 0.306 e. The monoisotopic (exact) mass is 265 g/mol. The van der Waals surface area contributed by atoms with Gasteiger partial charge in [-0.15, -0.1) is 0 Å². The highest BCUT2D eigenvalue weighted by molar-refractivity contribution is 5.95. The lowest BCUT2D eigenvalue weighted by Gasteiger charge is -2.13. The van der Waals surface area contributed by atoms with Crippen molar-refractivity contribution in [1.82, 2.24) is 5.32 Å². The number of carbonyl (C=O) groups excluding carboxylic acids is 1. The number of amides is 1. The van der Waals surface area contributed by atoms with Gasteiger partial charge in [-0.05, 0) is 49.9 Å². The van der Waals surface area contributed by atoms with Crippen LogP contribution in [0.2, 0.25) is 0 Å². The van der Waals surface area contributed by atoms with Crippen LogP contribution < -0.4 is 5.32 Å². The Bertz CT molecular complexity index is 515. The average molecular weight is 265 g/mol. The first kappa shape index (κ1) is 13.5. The Morgan fingerprint density at radius 1 is 1.37 bits per heavy atom. The van der Waals surface area contributed by atoms with Crippen LogP contribution in [0.15, 0.2) is 18.2 Å². The summed E-state index contributed by atoms with van der Waals surface area (Å²) in [4.78, 5) is 22.9. The van der Waals surface area contributed by atoms with Gasteiger partial charge in [0.1, 0.15) is 5.82 Å². The van der Waals surface area contributed by atoms with E-state index in [1.54, 1.807) is 6.92 Å². The molecule has 1 aliphatic carbocycles. The van der Waals surface area contributed by atoms with Gasteiger partial charge in [-0.2, -0.15) is 0 Å². The van der Waals surface area contributed by atoms with E-state index < -0.39 is 5.97 Å². The molecule has 1 aromatic rings. The van der Waals surface area contributed by atoms with Crippen LogP contribution in [0.25, 0.3) is 0 Å². The molecule has 0 aliphatic heterocycles. The number of nitrogens with one attached hydrogen (secondary N) is 1. The van der Waals surface area contributed by atoms with Crippen molar-refractivity contribution in [2.45, 2.75) is 32.2 Å². The van der Waals surface area contributed by atoms with Gasteiger partial charge in [0.15, 0.2) is 0 Å². The highest BCUT2D eigenvalue weighted by Gasteiger charge is 2.30. The predicted molar refractivity (Wildman–Crippen MR) is 67.4 cm³/mol. The smallest absolute Gasteiger partial charge is 0.306 e. The van der Waals surface area contributed by atoms with Crippen LogP contribution in [0.5, 0.6) is 0 Å². The van der Waals surface area contributed by atoms with E-state index in [-0.39, 0.29) is 23.7 Å². The summed E-state index contributed by atoms with van der Waals surface area (Å²) in [6.45, 7) is 1.67. The summed E-state index contributed by atoms with van der Waals surface area (Å²) < 4.78 is 13.0. The molecule has 1 aromatic carbocycles. The molecule has 0 heterocycles. The molecule has 2 unspecified atom stereocenters. The molecule has 1 fully saturated rings. The fraction of sp³-hybridized carbons (Fsp3) is 0.429. The number of carboxylic acid groups (broad SMARTS) is 1. The molecule has 1 aliphatic rings. The summed E-state index contributed by atoms with van der Waals surface area (Å²) in [5.41, 5.74) is 1.01. The van der Waals surface area contributed by atoms with Gasteiger partial charge in [-0.1, -0.05) is 0 Å². The zero-order valence-electron chi connectivity index (χ0n) is 10.6. The Balaban J connectivity index is 2.00. The molecular weight excluding hydrogens is 249 g/mol. The third-order valence-corrected chi connectivity index (χ3v) is 3.55. The second-order valence-electron chi connectivity index (χ2n) is 4.98. The molecule has 19 heavy (non-hydrogen) atoms. The number of halogens is 1. The van der Waals surface area contributed by atoms with Gasteiger partial charge in [-0.3, -0.25) is 9.59 Å². The van der Waals surface area contributed by atoms with E-state index in [1.165, 1.54) is 18.2 Å². The quantitative estimate of drug-likeness (QED) is 0.879. The molecule has 2 atom stereocenters. The van der Waals surface area contributed by atoms with Gasteiger partial charge in [-0.25, -0.2) is 4.39 Å². The van der Waals surface area contributed by atoms with Gasteiger partial charge < -0.3 is 10.4 Å². The predicted octanol–water partition coefficient (Wildman–Crippen LogP) is 2.12. The first-order chi connectivity index (χ1) is 8.97. The lowest BCUT2D eigenvalue weighted by Crippen LogP contribution is -2.33. The highest BCUT2D eigenvalue weighted by Crippen LogP contribution is 2.26. The maximum atomic E-state index is 13.0. The van der Waals surface area contributed by atoms with Crippen molar-refractivity contribution in [3.05, 3.63) is 35.1 Å². The lowest BCUT2D eigenvalue weighted by molar-refractivity contribution is -0.141. The molecule has 1 amide bonds. The number of hydrogen-bond acceptors (Lipinski definition) is 2. The van der Waals surface area contributed by atoms with E-state index in [2.05, 4.69) is 5.32 Å². The molecule has 4 nitrogen and oxygen atoms in total. The number of aryl methyl sites for hydroxylation is 1. The Morgan fingerprint density at radius 2 is 2.11 bits per heavy atom. The van der Waals surface area contributed by atoms with Crippen LogP contribution in [0, 0.1) is 18.7 Å². The van der Waals surface area contributed by atoms with Crippen molar-refractivity contribution in [2.75, 3.05) is 0 Å². The fourth-order valence-corrected chi connectivity index (χ4v) is 2.48.